The van der Waals surface area contributed by atoms with Crippen LogP contribution >= 0.6 is 11.3 Å². The number of methoxy groups -OCH3 is 1. The molecule has 0 saturated carbocycles. The molecule has 0 saturated heterocycles. The van der Waals surface area contributed by atoms with Gasteiger partial charge >= 0.3 is 0 Å². The van der Waals surface area contributed by atoms with E-state index in [0.29, 0.717) is 13.0 Å². The number of fused-ring (bicyclic) bond motifs is 1. The van der Waals surface area contributed by atoms with Crippen LogP contribution in [0.2, 0.25) is 0 Å². The normalized spacial score (nSPS) is 11.2. The Morgan fingerprint density at radius 3 is 2.55 bits per heavy atom. The Morgan fingerprint density at radius 2 is 1.86 bits per heavy atom. The molecule has 6 heteroatoms. The molecule has 0 aliphatic heterocycles. The Labute approximate surface area is 176 Å². The highest BCUT2D eigenvalue weighted by atomic mass is 32.1. The van der Waals surface area contributed by atoms with Gasteiger partial charge in [-0.2, -0.15) is 0 Å². The largest absolute Gasteiger partial charge is 0.494 e. The summed E-state index contributed by atoms with van der Waals surface area (Å²) in [5.74, 6) is 0.862. The molecule has 0 unspecified atom stereocenters. The monoisotopic (exact) mass is 411 g/mol. The Balaban J connectivity index is 1.85. The smallest absolute Gasteiger partial charge is 0.229 e. The molecule has 0 N–H and O–H groups in total. The Hall–Kier alpha value is -2.44. The predicted octanol–water partition coefficient (Wildman–Crippen LogP) is 4.53. The first kappa shape index (κ1) is 21.3. The zero-order valence-electron chi connectivity index (χ0n) is 17.6. The highest BCUT2D eigenvalue weighted by Crippen LogP contribution is 2.36. The third-order valence-electron chi connectivity index (χ3n) is 4.90. The van der Waals surface area contributed by atoms with Crippen LogP contribution < -0.4 is 9.64 Å². The molecule has 0 radical (unpaired) electrons. The standard InChI is InChI=1S/C23H29N3O2S/c1-17-11-13-19(28-4)21-22(17)29-23(24-21)26(16-8-15-25(2)3)20(27)14-12-18-9-6-5-7-10-18/h5-7,9-11,13H,8,12,14-16H2,1-4H3. The zero-order chi connectivity index (χ0) is 20.8. The third-order valence-corrected chi connectivity index (χ3v) is 6.12. The molecule has 3 aromatic rings. The topological polar surface area (TPSA) is 45.7 Å². The molecule has 1 aromatic heterocycles. The summed E-state index contributed by atoms with van der Waals surface area (Å²) in [6, 6.07) is 14.1. The minimum Gasteiger partial charge on any atom is -0.494 e. The van der Waals surface area contributed by atoms with Gasteiger partial charge in [0.15, 0.2) is 5.13 Å². The number of amides is 1. The van der Waals surface area contributed by atoms with Crippen molar-refractivity contribution >= 4 is 32.6 Å². The van der Waals surface area contributed by atoms with E-state index in [1.807, 2.05) is 49.3 Å². The summed E-state index contributed by atoms with van der Waals surface area (Å²) in [6.45, 7) is 3.65. The lowest BCUT2D eigenvalue weighted by Gasteiger charge is -2.21. The Bertz CT molecular complexity index is 953. The van der Waals surface area contributed by atoms with Crippen molar-refractivity contribution in [2.24, 2.45) is 0 Å². The molecule has 154 valence electrons. The Morgan fingerprint density at radius 1 is 1.10 bits per heavy atom. The minimum absolute atomic E-state index is 0.114. The Kier molecular flexibility index (Phi) is 7.23. The first-order valence-electron chi connectivity index (χ1n) is 9.92. The zero-order valence-corrected chi connectivity index (χ0v) is 18.5. The highest BCUT2D eigenvalue weighted by molar-refractivity contribution is 7.22. The number of aryl methyl sites for hydroxylation is 2. The summed E-state index contributed by atoms with van der Waals surface area (Å²) in [6.07, 6.45) is 2.10. The molecule has 0 aliphatic carbocycles. The summed E-state index contributed by atoms with van der Waals surface area (Å²) >= 11 is 1.57. The summed E-state index contributed by atoms with van der Waals surface area (Å²) in [7, 11) is 5.75. The van der Waals surface area contributed by atoms with Gasteiger partial charge in [-0.25, -0.2) is 4.98 Å². The van der Waals surface area contributed by atoms with Crippen LogP contribution in [0.5, 0.6) is 5.75 Å². The van der Waals surface area contributed by atoms with E-state index in [1.54, 1.807) is 18.4 Å². The molecule has 0 atom stereocenters. The lowest BCUT2D eigenvalue weighted by molar-refractivity contribution is -0.118. The number of hydrogen-bond donors (Lipinski definition) is 0. The quantitative estimate of drug-likeness (QED) is 0.519. The lowest BCUT2D eigenvalue weighted by Crippen LogP contribution is -2.33. The molecule has 1 heterocycles. The van der Waals surface area contributed by atoms with Gasteiger partial charge in [-0.05, 0) is 57.6 Å². The van der Waals surface area contributed by atoms with E-state index in [4.69, 9.17) is 9.72 Å². The summed E-state index contributed by atoms with van der Waals surface area (Å²) < 4.78 is 6.56. The van der Waals surface area contributed by atoms with Crippen LogP contribution in [0.15, 0.2) is 42.5 Å². The number of aromatic nitrogens is 1. The van der Waals surface area contributed by atoms with Gasteiger partial charge in [0, 0.05) is 13.0 Å². The number of ether oxygens (including phenoxy) is 1. The number of anilines is 1. The molecular formula is C23H29N3O2S. The fraction of sp³-hybridized carbons (Fsp3) is 0.391. The van der Waals surface area contributed by atoms with Gasteiger partial charge < -0.3 is 9.64 Å². The van der Waals surface area contributed by atoms with Crippen LogP contribution in [0.1, 0.15) is 24.0 Å². The maximum Gasteiger partial charge on any atom is 0.229 e. The van der Waals surface area contributed by atoms with E-state index in [9.17, 15) is 4.79 Å². The number of thiazole rings is 1. The second-order valence-corrected chi connectivity index (χ2v) is 8.42. The van der Waals surface area contributed by atoms with Crippen LogP contribution in [0.3, 0.4) is 0 Å². The molecule has 2 aromatic carbocycles. The maximum atomic E-state index is 13.2. The highest BCUT2D eigenvalue weighted by Gasteiger charge is 2.21. The van der Waals surface area contributed by atoms with Crippen LogP contribution in [-0.2, 0) is 11.2 Å². The van der Waals surface area contributed by atoms with Crippen molar-refractivity contribution in [1.29, 1.82) is 0 Å². The minimum atomic E-state index is 0.114. The molecule has 0 bridgehead atoms. The van der Waals surface area contributed by atoms with Gasteiger partial charge in [0.1, 0.15) is 11.3 Å². The van der Waals surface area contributed by atoms with Gasteiger partial charge in [-0.1, -0.05) is 47.7 Å². The second-order valence-electron chi connectivity index (χ2n) is 7.45. The molecule has 1 amide bonds. The molecule has 0 fully saturated rings. The average molecular weight is 412 g/mol. The number of rotatable bonds is 9. The van der Waals surface area contributed by atoms with Crippen molar-refractivity contribution in [2.75, 3.05) is 39.2 Å². The van der Waals surface area contributed by atoms with Gasteiger partial charge in [-0.3, -0.25) is 9.69 Å². The summed E-state index contributed by atoms with van der Waals surface area (Å²) in [5, 5.41) is 0.754. The fourth-order valence-corrected chi connectivity index (χ4v) is 4.38. The molecule has 0 aliphatic rings. The second kappa shape index (κ2) is 9.85. The number of carbonyl (C=O) groups is 1. The van der Waals surface area contributed by atoms with E-state index in [-0.39, 0.29) is 5.91 Å². The summed E-state index contributed by atoms with van der Waals surface area (Å²) in [4.78, 5) is 22.0. The van der Waals surface area contributed by atoms with Crippen molar-refractivity contribution in [3.63, 3.8) is 0 Å². The van der Waals surface area contributed by atoms with E-state index in [1.165, 1.54) is 5.56 Å². The lowest BCUT2D eigenvalue weighted by atomic mass is 10.1. The van der Waals surface area contributed by atoms with Crippen molar-refractivity contribution in [1.82, 2.24) is 9.88 Å². The fourth-order valence-electron chi connectivity index (χ4n) is 3.28. The van der Waals surface area contributed by atoms with Crippen molar-refractivity contribution in [2.45, 2.75) is 26.2 Å². The number of hydrogen-bond acceptors (Lipinski definition) is 5. The van der Waals surface area contributed by atoms with Crippen molar-refractivity contribution in [3.05, 3.63) is 53.6 Å². The van der Waals surface area contributed by atoms with E-state index in [2.05, 4.69) is 24.0 Å². The van der Waals surface area contributed by atoms with Gasteiger partial charge in [0.05, 0.1) is 11.8 Å². The van der Waals surface area contributed by atoms with E-state index < -0.39 is 0 Å². The van der Waals surface area contributed by atoms with Crippen molar-refractivity contribution in [3.8, 4) is 5.75 Å². The SMILES string of the molecule is COc1ccc(C)c2sc(N(CCCN(C)C)C(=O)CCc3ccccc3)nc12. The van der Waals surface area contributed by atoms with Crippen LogP contribution in [0.4, 0.5) is 5.13 Å². The molecule has 3 rings (SSSR count). The van der Waals surface area contributed by atoms with Crippen LogP contribution in [0.25, 0.3) is 10.2 Å². The molecule has 5 nitrogen and oxygen atoms in total. The predicted molar refractivity (Wildman–Crippen MR) is 121 cm³/mol. The average Bonchev–Trinajstić information content (AvgIpc) is 3.16. The first-order chi connectivity index (χ1) is 14.0. The molecular weight excluding hydrogens is 382 g/mol. The number of benzene rings is 2. The van der Waals surface area contributed by atoms with Crippen molar-refractivity contribution < 1.29 is 9.53 Å². The molecule has 29 heavy (non-hydrogen) atoms. The molecule has 0 spiro atoms. The first-order valence-corrected chi connectivity index (χ1v) is 10.7. The third kappa shape index (κ3) is 5.34. The van der Waals surface area contributed by atoms with Gasteiger partial charge in [0.2, 0.25) is 5.91 Å². The van der Waals surface area contributed by atoms with Gasteiger partial charge in [0.25, 0.3) is 0 Å². The maximum absolute atomic E-state index is 13.2. The van der Waals surface area contributed by atoms with Gasteiger partial charge in [-0.15, -0.1) is 0 Å². The van der Waals surface area contributed by atoms with Crippen LogP contribution in [-0.4, -0.2) is 50.1 Å². The summed E-state index contributed by atoms with van der Waals surface area (Å²) in [5.41, 5.74) is 3.16. The number of nitrogens with zero attached hydrogens (tertiary/aromatic N) is 3. The van der Waals surface area contributed by atoms with E-state index >= 15 is 0 Å². The van der Waals surface area contributed by atoms with E-state index in [0.717, 1.165) is 46.0 Å². The van der Waals surface area contributed by atoms with Crippen LogP contribution in [0, 0.1) is 6.92 Å². The number of carbonyl (C=O) groups excluding carboxylic acids is 1.